The molecule has 0 aliphatic carbocycles. The number of nitriles is 1. The third-order valence-electron chi connectivity index (χ3n) is 2.05. The molecule has 1 rings (SSSR count). The highest BCUT2D eigenvalue weighted by molar-refractivity contribution is 7.10. The van der Waals surface area contributed by atoms with Crippen LogP contribution in [-0.4, -0.2) is 28.0 Å². The Kier molecular flexibility index (Phi) is 5.07. The Morgan fingerprint density at radius 3 is 2.89 bits per heavy atom. The SMILES string of the molecule is Cc1nsc(NC(=O)NCCCC(=O)O)c1C#N. The van der Waals surface area contributed by atoms with E-state index >= 15 is 0 Å². The van der Waals surface area contributed by atoms with Crippen molar-refractivity contribution >= 4 is 28.5 Å². The molecule has 0 spiro atoms. The maximum atomic E-state index is 11.4. The number of carboxylic acids is 1. The number of urea groups is 1. The summed E-state index contributed by atoms with van der Waals surface area (Å²) < 4.78 is 3.96. The van der Waals surface area contributed by atoms with Gasteiger partial charge in [0.2, 0.25) is 0 Å². The molecule has 0 aliphatic heterocycles. The van der Waals surface area contributed by atoms with E-state index in [1.165, 1.54) is 0 Å². The largest absolute Gasteiger partial charge is 0.481 e. The number of carbonyl (C=O) groups excluding carboxylic acids is 1. The maximum Gasteiger partial charge on any atom is 0.319 e. The van der Waals surface area contributed by atoms with Crippen LogP contribution in [0.4, 0.5) is 9.80 Å². The van der Waals surface area contributed by atoms with E-state index in [9.17, 15) is 9.59 Å². The van der Waals surface area contributed by atoms with E-state index in [0.717, 1.165) is 11.5 Å². The lowest BCUT2D eigenvalue weighted by molar-refractivity contribution is -0.137. The topological polar surface area (TPSA) is 115 Å². The van der Waals surface area contributed by atoms with E-state index in [1.807, 2.05) is 6.07 Å². The standard InChI is InChI=1S/C10H12N4O3S/c1-6-7(5-11)9(18-14-6)13-10(17)12-4-2-3-8(15)16/h2-4H2,1H3,(H,15,16)(H2,12,13,17). The molecular formula is C10H12N4O3S. The normalized spacial score (nSPS) is 9.56. The zero-order valence-corrected chi connectivity index (χ0v) is 10.5. The fourth-order valence-corrected chi connectivity index (χ4v) is 1.92. The molecule has 0 bridgehead atoms. The first-order valence-electron chi connectivity index (χ1n) is 5.17. The van der Waals surface area contributed by atoms with E-state index in [1.54, 1.807) is 6.92 Å². The Morgan fingerprint density at radius 2 is 2.28 bits per heavy atom. The first-order valence-corrected chi connectivity index (χ1v) is 5.95. The van der Waals surface area contributed by atoms with Crippen molar-refractivity contribution in [3.8, 4) is 6.07 Å². The summed E-state index contributed by atoms with van der Waals surface area (Å²) in [6, 6.07) is 1.49. The molecule has 2 amide bonds. The molecule has 96 valence electrons. The van der Waals surface area contributed by atoms with Crippen LogP contribution in [0.5, 0.6) is 0 Å². The van der Waals surface area contributed by atoms with E-state index in [0.29, 0.717) is 22.7 Å². The zero-order chi connectivity index (χ0) is 13.5. The quantitative estimate of drug-likeness (QED) is 0.696. The predicted molar refractivity (Wildman–Crippen MR) is 65.5 cm³/mol. The highest BCUT2D eigenvalue weighted by atomic mass is 32.1. The minimum atomic E-state index is -0.901. The number of nitrogens with zero attached hydrogens (tertiary/aromatic N) is 2. The van der Waals surface area contributed by atoms with Gasteiger partial charge in [0.05, 0.1) is 5.69 Å². The number of aryl methyl sites for hydroxylation is 1. The van der Waals surface area contributed by atoms with Gasteiger partial charge in [-0.2, -0.15) is 9.64 Å². The van der Waals surface area contributed by atoms with Crippen molar-refractivity contribution in [2.45, 2.75) is 19.8 Å². The summed E-state index contributed by atoms with van der Waals surface area (Å²) >= 11 is 1.03. The van der Waals surface area contributed by atoms with Crippen LogP contribution < -0.4 is 10.6 Å². The van der Waals surface area contributed by atoms with Gasteiger partial charge in [0.1, 0.15) is 16.6 Å². The summed E-state index contributed by atoms with van der Waals surface area (Å²) in [6.45, 7) is 1.95. The van der Waals surface area contributed by atoms with Crippen LogP contribution >= 0.6 is 11.5 Å². The van der Waals surface area contributed by atoms with Crippen LogP contribution in [-0.2, 0) is 4.79 Å². The van der Waals surface area contributed by atoms with Crippen LogP contribution in [0.2, 0.25) is 0 Å². The van der Waals surface area contributed by atoms with Gasteiger partial charge in [-0.1, -0.05) is 0 Å². The number of nitrogens with one attached hydrogen (secondary N) is 2. The van der Waals surface area contributed by atoms with Crippen LogP contribution in [0.3, 0.4) is 0 Å². The van der Waals surface area contributed by atoms with Gasteiger partial charge >= 0.3 is 12.0 Å². The Morgan fingerprint density at radius 1 is 1.56 bits per heavy atom. The molecule has 0 fully saturated rings. The lowest BCUT2D eigenvalue weighted by atomic mass is 10.3. The number of carboxylic acid groups (broad SMARTS) is 1. The zero-order valence-electron chi connectivity index (χ0n) is 9.69. The first-order chi connectivity index (χ1) is 8.54. The monoisotopic (exact) mass is 268 g/mol. The van der Waals surface area contributed by atoms with E-state index in [4.69, 9.17) is 10.4 Å². The average Bonchev–Trinajstić information content (AvgIpc) is 2.65. The molecule has 0 aromatic carbocycles. The summed E-state index contributed by atoms with van der Waals surface area (Å²) in [4.78, 5) is 21.7. The lowest BCUT2D eigenvalue weighted by Crippen LogP contribution is -2.29. The molecule has 1 aromatic heterocycles. The Labute approximate surface area is 108 Å². The molecule has 0 saturated carbocycles. The van der Waals surface area contributed by atoms with Crippen molar-refractivity contribution in [3.05, 3.63) is 11.3 Å². The number of rotatable bonds is 5. The summed E-state index contributed by atoms with van der Waals surface area (Å²) in [6.07, 6.45) is 0.360. The second-order valence-corrected chi connectivity index (χ2v) is 4.24. The average molecular weight is 268 g/mol. The summed E-state index contributed by atoms with van der Waals surface area (Å²) in [5.74, 6) is -0.901. The fraction of sp³-hybridized carbons (Fsp3) is 0.400. The van der Waals surface area contributed by atoms with Crippen molar-refractivity contribution in [2.24, 2.45) is 0 Å². The van der Waals surface area contributed by atoms with Gasteiger partial charge < -0.3 is 10.4 Å². The minimum absolute atomic E-state index is 0.00336. The van der Waals surface area contributed by atoms with E-state index in [2.05, 4.69) is 15.0 Å². The number of aliphatic carboxylic acids is 1. The number of aromatic nitrogens is 1. The molecule has 0 saturated heterocycles. The van der Waals surface area contributed by atoms with Crippen LogP contribution in [0.25, 0.3) is 0 Å². The van der Waals surface area contributed by atoms with E-state index < -0.39 is 12.0 Å². The molecular weight excluding hydrogens is 256 g/mol. The van der Waals surface area contributed by atoms with Gasteiger partial charge in [-0.05, 0) is 24.9 Å². The Hall–Kier alpha value is -2.14. The van der Waals surface area contributed by atoms with Gasteiger partial charge in [-0.3, -0.25) is 10.1 Å². The van der Waals surface area contributed by atoms with Crippen molar-refractivity contribution < 1.29 is 14.7 Å². The molecule has 1 aromatic rings. The summed E-state index contributed by atoms with van der Waals surface area (Å²) in [5, 5.41) is 22.7. The highest BCUT2D eigenvalue weighted by Gasteiger charge is 2.12. The van der Waals surface area contributed by atoms with Gasteiger partial charge in [0.15, 0.2) is 0 Å². The van der Waals surface area contributed by atoms with Crippen molar-refractivity contribution in [2.75, 3.05) is 11.9 Å². The van der Waals surface area contributed by atoms with Gasteiger partial charge in [-0.15, -0.1) is 0 Å². The second-order valence-electron chi connectivity index (χ2n) is 3.46. The number of hydrogen-bond donors (Lipinski definition) is 3. The van der Waals surface area contributed by atoms with Crippen LogP contribution in [0, 0.1) is 18.3 Å². The first kappa shape index (κ1) is 13.9. The van der Waals surface area contributed by atoms with Crippen molar-refractivity contribution in [3.63, 3.8) is 0 Å². The van der Waals surface area contributed by atoms with Crippen LogP contribution in [0.15, 0.2) is 0 Å². The summed E-state index contributed by atoms with van der Waals surface area (Å²) in [7, 11) is 0. The molecule has 8 heteroatoms. The number of carbonyl (C=O) groups is 2. The molecule has 1 heterocycles. The van der Waals surface area contributed by atoms with E-state index in [-0.39, 0.29) is 13.0 Å². The molecule has 18 heavy (non-hydrogen) atoms. The lowest BCUT2D eigenvalue weighted by Gasteiger charge is -2.04. The van der Waals surface area contributed by atoms with Crippen molar-refractivity contribution in [1.82, 2.24) is 9.69 Å². The third kappa shape index (κ3) is 4.03. The fourth-order valence-electron chi connectivity index (χ4n) is 1.18. The minimum Gasteiger partial charge on any atom is -0.481 e. The molecule has 0 atom stereocenters. The molecule has 3 N–H and O–H groups in total. The maximum absolute atomic E-state index is 11.4. The Balaban J connectivity index is 2.41. The number of hydrogen-bond acceptors (Lipinski definition) is 5. The van der Waals surface area contributed by atoms with Gasteiger partial charge in [0.25, 0.3) is 0 Å². The summed E-state index contributed by atoms with van der Waals surface area (Å²) in [5.41, 5.74) is 0.921. The van der Waals surface area contributed by atoms with Crippen LogP contribution in [0.1, 0.15) is 24.1 Å². The molecule has 0 aliphatic rings. The predicted octanol–water partition coefficient (Wildman–Crippen LogP) is 1.31. The molecule has 0 radical (unpaired) electrons. The van der Waals surface area contributed by atoms with Gasteiger partial charge in [-0.25, -0.2) is 4.79 Å². The third-order valence-corrected chi connectivity index (χ3v) is 2.91. The highest BCUT2D eigenvalue weighted by Crippen LogP contribution is 2.22. The molecule has 7 nitrogen and oxygen atoms in total. The molecule has 0 unspecified atom stereocenters. The number of anilines is 1. The van der Waals surface area contributed by atoms with Gasteiger partial charge in [0, 0.05) is 13.0 Å². The van der Waals surface area contributed by atoms with Crippen molar-refractivity contribution in [1.29, 1.82) is 5.26 Å². The second kappa shape index (κ2) is 6.56. The Bertz CT molecular complexity index is 492. The number of amides is 2. The smallest absolute Gasteiger partial charge is 0.319 e.